The number of benzene rings is 1. The fourth-order valence-corrected chi connectivity index (χ4v) is 7.64. The van der Waals surface area contributed by atoms with Crippen molar-refractivity contribution in [3.63, 3.8) is 0 Å². The van der Waals surface area contributed by atoms with E-state index in [1.54, 1.807) is 12.1 Å². The summed E-state index contributed by atoms with van der Waals surface area (Å²) in [6, 6.07) is 11.2. The van der Waals surface area contributed by atoms with Crippen LogP contribution in [0.2, 0.25) is 5.02 Å². The van der Waals surface area contributed by atoms with Crippen LogP contribution in [0.1, 0.15) is 114 Å². The normalized spacial score (nSPS) is 23.1. The van der Waals surface area contributed by atoms with Gasteiger partial charge in [-0.05, 0) is 74.1 Å². The summed E-state index contributed by atoms with van der Waals surface area (Å²) in [4.78, 5) is 18.2. The number of fused-ring (bicyclic) bond motifs is 1. The summed E-state index contributed by atoms with van der Waals surface area (Å²) < 4.78 is 6.44. The van der Waals surface area contributed by atoms with Crippen LogP contribution in [0, 0.1) is 51.8 Å². The van der Waals surface area contributed by atoms with E-state index in [1.165, 1.54) is 12.8 Å². The number of aryl methyl sites for hydroxylation is 1. The van der Waals surface area contributed by atoms with E-state index < -0.39 is 0 Å². The van der Waals surface area contributed by atoms with Gasteiger partial charge in [-0.1, -0.05) is 71.9 Å². The number of halogens is 1. The smallest absolute Gasteiger partial charge is 0.167 e. The second-order valence-corrected chi connectivity index (χ2v) is 13.5. The molecule has 4 rings (SSSR count). The molecule has 2 aliphatic carbocycles. The van der Waals surface area contributed by atoms with Crippen LogP contribution >= 0.6 is 11.6 Å². The van der Waals surface area contributed by atoms with Crippen molar-refractivity contribution < 1.29 is 9.53 Å². The fraction of sp³-hybridized carbons (Fsp3) is 0.571. The summed E-state index contributed by atoms with van der Waals surface area (Å²) in [7, 11) is 0. The topological polar surface area (TPSA) is 63.0 Å². The second-order valence-electron chi connectivity index (χ2n) is 13.0. The number of nitrogens with zero attached hydrogens (tertiary/aromatic N) is 2. The molecular formula is C35H43ClN2O2. The van der Waals surface area contributed by atoms with Crippen molar-refractivity contribution in [2.45, 2.75) is 99.0 Å². The van der Waals surface area contributed by atoms with E-state index in [4.69, 9.17) is 26.6 Å². The third-order valence-corrected chi connectivity index (χ3v) is 9.68. The maximum Gasteiger partial charge on any atom is 0.167 e. The number of carbonyl (C=O) groups is 1. The molecule has 1 fully saturated rings. The van der Waals surface area contributed by atoms with Gasteiger partial charge in [0.25, 0.3) is 0 Å². The molecule has 40 heavy (non-hydrogen) atoms. The molecule has 4 nitrogen and oxygen atoms in total. The zero-order valence-corrected chi connectivity index (χ0v) is 25.7. The Morgan fingerprint density at radius 2 is 1.88 bits per heavy atom. The third kappa shape index (κ3) is 6.24. The van der Waals surface area contributed by atoms with Crippen molar-refractivity contribution in [2.24, 2.45) is 28.6 Å². The van der Waals surface area contributed by atoms with Crippen LogP contribution in [0.25, 0.3) is 0 Å². The first kappa shape index (κ1) is 30.1. The molecule has 0 amide bonds. The van der Waals surface area contributed by atoms with Crippen LogP contribution in [0.15, 0.2) is 30.3 Å². The standard InChI is InChI=1S/C35H43ClN2O2/c1-7-10-23(2)11-8-9-12-26-16-18-28-30(38-26)19-14-24(32(28)39)15-20-31-34(3,4)33(35(31,5)6)40-27-17-13-25(22-37)29(36)21-27/h13,16-18,21,23-24,31,33H,7-8,10-11,14-15,19-20H2,1-6H3. The molecule has 2 unspecified atom stereocenters. The van der Waals surface area contributed by atoms with Gasteiger partial charge in [0, 0.05) is 34.8 Å². The summed E-state index contributed by atoms with van der Waals surface area (Å²) in [6.07, 6.45) is 8.03. The molecule has 212 valence electrons. The lowest BCUT2D eigenvalue weighted by molar-refractivity contribution is -0.201. The Labute approximate surface area is 245 Å². The Hall–Kier alpha value is -2.82. The molecule has 0 radical (unpaired) electrons. The molecule has 1 aromatic carbocycles. The van der Waals surface area contributed by atoms with E-state index in [0.29, 0.717) is 28.2 Å². The SMILES string of the molecule is CCCC(C)CCC#Cc1ccc2c(n1)CCC(CCC1C(C)(C)C(Oc3ccc(C#N)c(Cl)c3)C1(C)C)C2=O. The van der Waals surface area contributed by atoms with Gasteiger partial charge in [0.1, 0.15) is 23.6 Å². The zero-order chi connectivity index (χ0) is 29.1. The van der Waals surface area contributed by atoms with Crippen molar-refractivity contribution in [1.29, 1.82) is 5.26 Å². The highest BCUT2D eigenvalue weighted by Crippen LogP contribution is 2.62. The highest BCUT2D eigenvalue weighted by atomic mass is 35.5. The predicted molar refractivity (Wildman–Crippen MR) is 161 cm³/mol. The summed E-state index contributed by atoms with van der Waals surface area (Å²) in [5.74, 6) is 8.58. The lowest BCUT2D eigenvalue weighted by Crippen LogP contribution is -2.65. The first-order valence-corrected chi connectivity index (χ1v) is 15.3. The van der Waals surface area contributed by atoms with E-state index in [0.717, 1.165) is 55.5 Å². The largest absolute Gasteiger partial charge is 0.489 e. The molecule has 5 heteroatoms. The quantitative estimate of drug-likeness (QED) is 0.288. The summed E-state index contributed by atoms with van der Waals surface area (Å²) in [5, 5.41) is 9.57. The predicted octanol–water partition coefficient (Wildman–Crippen LogP) is 8.83. The van der Waals surface area contributed by atoms with Crippen molar-refractivity contribution in [1.82, 2.24) is 4.98 Å². The van der Waals surface area contributed by atoms with Crippen molar-refractivity contribution >= 4 is 17.4 Å². The molecule has 1 saturated carbocycles. The van der Waals surface area contributed by atoms with Crippen LogP contribution in [0.5, 0.6) is 5.75 Å². The van der Waals surface area contributed by atoms with Gasteiger partial charge in [-0.3, -0.25) is 4.79 Å². The van der Waals surface area contributed by atoms with Crippen LogP contribution in [-0.2, 0) is 6.42 Å². The number of aromatic nitrogens is 1. The Kier molecular flexibility index (Phi) is 9.32. The number of Topliss-reactive ketones (excluding diaryl/α,β-unsaturated/α-hetero) is 1. The molecule has 1 aromatic heterocycles. The van der Waals surface area contributed by atoms with Gasteiger partial charge in [0.2, 0.25) is 0 Å². The van der Waals surface area contributed by atoms with Gasteiger partial charge in [-0.15, -0.1) is 0 Å². The summed E-state index contributed by atoms with van der Waals surface area (Å²) >= 11 is 6.24. The second kappa shape index (κ2) is 12.4. The average Bonchev–Trinajstić information content (AvgIpc) is 2.91. The molecule has 1 heterocycles. The minimum Gasteiger partial charge on any atom is -0.489 e. The number of rotatable bonds is 9. The Balaban J connectivity index is 1.35. The first-order chi connectivity index (χ1) is 19.0. The van der Waals surface area contributed by atoms with Crippen LogP contribution in [-0.4, -0.2) is 16.9 Å². The third-order valence-electron chi connectivity index (χ3n) is 9.37. The maximum atomic E-state index is 13.4. The van der Waals surface area contributed by atoms with E-state index >= 15 is 0 Å². The molecule has 0 N–H and O–H groups in total. The summed E-state index contributed by atoms with van der Waals surface area (Å²) in [6.45, 7) is 13.5. The van der Waals surface area contributed by atoms with Gasteiger partial charge in [-0.25, -0.2) is 4.98 Å². The molecule has 0 bridgehead atoms. The van der Waals surface area contributed by atoms with Crippen LogP contribution < -0.4 is 4.74 Å². The highest BCUT2D eigenvalue weighted by Gasteiger charge is 2.62. The number of hydrogen-bond donors (Lipinski definition) is 0. The molecular weight excluding hydrogens is 516 g/mol. The average molecular weight is 559 g/mol. The highest BCUT2D eigenvalue weighted by molar-refractivity contribution is 6.31. The lowest BCUT2D eigenvalue weighted by atomic mass is 9.44. The van der Waals surface area contributed by atoms with E-state index in [-0.39, 0.29) is 28.6 Å². The molecule has 0 spiro atoms. The monoisotopic (exact) mass is 558 g/mol. The van der Waals surface area contributed by atoms with E-state index in [9.17, 15) is 4.79 Å². The minimum atomic E-state index is -0.0526. The Morgan fingerprint density at radius 1 is 1.12 bits per heavy atom. The van der Waals surface area contributed by atoms with E-state index in [1.807, 2.05) is 18.2 Å². The van der Waals surface area contributed by atoms with Gasteiger partial charge in [-0.2, -0.15) is 5.26 Å². The number of ketones is 1. The van der Waals surface area contributed by atoms with Crippen molar-refractivity contribution in [2.75, 3.05) is 0 Å². The van der Waals surface area contributed by atoms with Crippen LogP contribution in [0.4, 0.5) is 0 Å². The number of ether oxygens (including phenoxy) is 1. The van der Waals surface area contributed by atoms with Crippen molar-refractivity contribution in [3.05, 3.63) is 57.9 Å². The van der Waals surface area contributed by atoms with Crippen molar-refractivity contribution in [3.8, 4) is 23.7 Å². The summed E-state index contributed by atoms with van der Waals surface area (Å²) in [5.41, 5.74) is 2.81. The lowest BCUT2D eigenvalue weighted by Gasteiger charge is -2.63. The Bertz CT molecular complexity index is 1330. The molecule has 0 saturated heterocycles. The fourth-order valence-electron chi connectivity index (χ4n) is 7.43. The molecule has 0 aliphatic heterocycles. The van der Waals surface area contributed by atoms with E-state index in [2.05, 4.69) is 59.5 Å². The maximum absolute atomic E-state index is 13.4. The van der Waals surface area contributed by atoms with Gasteiger partial charge in [0.15, 0.2) is 5.78 Å². The number of pyridine rings is 1. The number of carbonyl (C=O) groups excluding carboxylic acids is 1. The van der Waals surface area contributed by atoms with Crippen LogP contribution in [0.3, 0.4) is 0 Å². The van der Waals surface area contributed by atoms with Gasteiger partial charge in [0.05, 0.1) is 16.3 Å². The number of nitriles is 1. The van der Waals surface area contributed by atoms with Gasteiger partial charge >= 0.3 is 0 Å². The minimum absolute atomic E-state index is 0.00960. The zero-order valence-electron chi connectivity index (χ0n) is 24.9. The molecule has 2 aromatic rings. The van der Waals surface area contributed by atoms with Gasteiger partial charge < -0.3 is 4.74 Å². The first-order valence-electron chi connectivity index (χ1n) is 14.9. The molecule has 2 aliphatic rings. The molecule has 2 atom stereocenters. The Morgan fingerprint density at radius 3 is 2.55 bits per heavy atom. The number of hydrogen-bond acceptors (Lipinski definition) is 4.